The molecule has 1 spiro atoms. The normalized spacial score (nSPS) is 20.9. The third kappa shape index (κ3) is 4.28. The van der Waals surface area contributed by atoms with Gasteiger partial charge in [0, 0.05) is 36.7 Å². The molecule has 2 fully saturated rings. The lowest BCUT2D eigenvalue weighted by Gasteiger charge is -2.38. The Morgan fingerprint density at radius 1 is 1.29 bits per heavy atom. The van der Waals surface area contributed by atoms with Crippen LogP contribution >= 0.6 is 0 Å². The maximum atomic E-state index is 12.6. The Hall–Kier alpha value is -2.60. The minimum Gasteiger partial charge on any atom is -0.497 e. The minimum atomic E-state index is -0.113. The molecule has 0 bridgehead atoms. The van der Waals surface area contributed by atoms with Crippen LogP contribution in [0, 0.1) is 0 Å². The number of nitrogens with one attached hydrogen (secondary N) is 1. The minimum absolute atomic E-state index is 0.113. The summed E-state index contributed by atoms with van der Waals surface area (Å²) < 4.78 is 11.5. The third-order valence-corrected chi connectivity index (χ3v) is 5.74. The Morgan fingerprint density at radius 3 is 2.89 bits per heavy atom. The fourth-order valence-corrected chi connectivity index (χ4v) is 4.17. The third-order valence-electron chi connectivity index (χ3n) is 5.74. The molecule has 6 nitrogen and oxygen atoms in total. The summed E-state index contributed by atoms with van der Waals surface area (Å²) in [6, 6.07) is 13.9. The van der Waals surface area contributed by atoms with Gasteiger partial charge in [0.15, 0.2) is 0 Å². The van der Waals surface area contributed by atoms with E-state index < -0.39 is 0 Å². The number of hydrogen-bond donors (Lipinski definition) is 1. The number of piperidine rings is 1. The highest BCUT2D eigenvalue weighted by Crippen LogP contribution is 2.37. The number of nitrogens with zero attached hydrogens (tertiary/aromatic N) is 2. The number of hydrogen-bond acceptors (Lipinski definition) is 5. The number of anilines is 1. The maximum Gasteiger partial charge on any atom is 0.228 e. The summed E-state index contributed by atoms with van der Waals surface area (Å²) in [5, 5.41) is 3.56. The van der Waals surface area contributed by atoms with Gasteiger partial charge in [0.2, 0.25) is 5.91 Å². The molecule has 0 radical (unpaired) electrons. The first-order chi connectivity index (χ1) is 13.7. The van der Waals surface area contributed by atoms with Crippen LogP contribution in [0.2, 0.25) is 0 Å². The Balaban J connectivity index is 1.29. The van der Waals surface area contributed by atoms with Gasteiger partial charge in [0.1, 0.15) is 5.75 Å². The van der Waals surface area contributed by atoms with Crippen LogP contribution in [0.15, 0.2) is 48.7 Å². The van der Waals surface area contributed by atoms with E-state index in [1.165, 1.54) is 0 Å². The number of amides is 1. The highest BCUT2D eigenvalue weighted by Gasteiger charge is 2.43. The predicted octanol–water partition coefficient (Wildman–Crippen LogP) is 2.89. The molecule has 1 N–H and O–H groups in total. The first kappa shape index (κ1) is 18.7. The summed E-state index contributed by atoms with van der Waals surface area (Å²) in [6.07, 6.45) is 4.84. The second-order valence-electron chi connectivity index (χ2n) is 7.65. The number of aromatic nitrogens is 1. The maximum absolute atomic E-state index is 12.6. The molecule has 3 heterocycles. The van der Waals surface area contributed by atoms with Gasteiger partial charge in [-0.3, -0.25) is 9.78 Å². The van der Waals surface area contributed by atoms with E-state index >= 15 is 0 Å². The molecule has 0 unspecified atom stereocenters. The van der Waals surface area contributed by atoms with E-state index in [1.807, 2.05) is 47.4 Å². The summed E-state index contributed by atoms with van der Waals surface area (Å²) in [6.45, 7) is 2.19. The van der Waals surface area contributed by atoms with Crippen LogP contribution in [0.25, 0.3) is 0 Å². The lowest BCUT2D eigenvalue weighted by atomic mass is 9.87. The van der Waals surface area contributed by atoms with Gasteiger partial charge in [-0.1, -0.05) is 12.1 Å². The summed E-state index contributed by atoms with van der Waals surface area (Å²) in [7, 11) is 1.68. The van der Waals surface area contributed by atoms with Crippen molar-refractivity contribution in [2.24, 2.45) is 0 Å². The Morgan fingerprint density at radius 2 is 2.14 bits per heavy atom. The smallest absolute Gasteiger partial charge is 0.228 e. The van der Waals surface area contributed by atoms with Gasteiger partial charge in [0.25, 0.3) is 0 Å². The van der Waals surface area contributed by atoms with Crippen LogP contribution in [0.3, 0.4) is 0 Å². The van der Waals surface area contributed by atoms with Crippen molar-refractivity contribution in [1.82, 2.24) is 9.88 Å². The topological polar surface area (TPSA) is 63.7 Å². The van der Waals surface area contributed by atoms with Crippen molar-refractivity contribution in [1.29, 1.82) is 0 Å². The molecule has 2 aliphatic rings. The Labute approximate surface area is 165 Å². The standard InChI is InChI=1S/C22H27N3O3/c1-27-20-7-4-6-18(13-20)24-19-15-22(28-16-19)8-11-25(12-9-22)21(26)14-17-5-2-3-10-23-17/h2-7,10,13,19,24H,8-9,11-12,14-16H2,1H3/t19-/m1/s1. The molecule has 148 valence electrons. The van der Waals surface area contributed by atoms with E-state index in [0.717, 1.165) is 49.5 Å². The van der Waals surface area contributed by atoms with Gasteiger partial charge in [-0.05, 0) is 43.5 Å². The second kappa shape index (κ2) is 8.19. The van der Waals surface area contributed by atoms with E-state index in [9.17, 15) is 4.79 Å². The fourth-order valence-electron chi connectivity index (χ4n) is 4.17. The molecule has 1 atom stereocenters. The molecule has 1 aromatic heterocycles. The largest absolute Gasteiger partial charge is 0.497 e. The highest BCUT2D eigenvalue weighted by atomic mass is 16.5. The predicted molar refractivity (Wildman–Crippen MR) is 107 cm³/mol. The van der Waals surface area contributed by atoms with Crippen molar-refractivity contribution in [2.45, 2.75) is 37.3 Å². The molecule has 0 aliphatic carbocycles. The first-order valence-electron chi connectivity index (χ1n) is 9.88. The van der Waals surface area contributed by atoms with Crippen molar-refractivity contribution in [3.05, 3.63) is 54.4 Å². The summed E-state index contributed by atoms with van der Waals surface area (Å²) in [4.78, 5) is 18.8. The van der Waals surface area contributed by atoms with Gasteiger partial charge in [-0.2, -0.15) is 0 Å². The van der Waals surface area contributed by atoms with Gasteiger partial charge in [-0.25, -0.2) is 0 Å². The van der Waals surface area contributed by atoms with Crippen molar-refractivity contribution in [3.63, 3.8) is 0 Å². The molecule has 6 heteroatoms. The molecule has 2 saturated heterocycles. The van der Waals surface area contributed by atoms with Crippen LogP contribution < -0.4 is 10.1 Å². The first-order valence-corrected chi connectivity index (χ1v) is 9.88. The molecule has 1 amide bonds. The Bertz CT molecular complexity index is 804. The number of likely N-dealkylation sites (tertiary alicyclic amines) is 1. The van der Waals surface area contributed by atoms with Crippen LogP contribution in [-0.4, -0.2) is 54.2 Å². The SMILES string of the molecule is COc1cccc(N[C@H]2COC3(CCN(C(=O)Cc4ccccn4)CC3)C2)c1. The van der Waals surface area contributed by atoms with Crippen LogP contribution in [0.1, 0.15) is 25.0 Å². The number of ether oxygens (including phenoxy) is 2. The van der Waals surface area contributed by atoms with Gasteiger partial charge < -0.3 is 19.7 Å². The fraction of sp³-hybridized carbons (Fsp3) is 0.455. The van der Waals surface area contributed by atoms with Crippen molar-refractivity contribution < 1.29 is 14.3 Å². The number of carbonyl (C=O) groups is 1. The number of pyridine rings is 1. The molecule has 4 rings (SSSR count). The number of carbonyl (C=O) groups excluding carboxylic acids is 1. The molecule has 2 aliphatic heterocycles. The zero-order chi connectivity index (χ0) is 19.4. The van der Waals surface area contributed by atoms with E-state index in [-0.39, 0.29) is 17.6 Å². The zero-order valence-corrected chi connectivity index (χ0v) is 16.3. The lowest BCUT2D eigenvalue weighted by molar-refractivity contribution is -0.135. The lowest BCUT2D eigenvalue weighted by Crippen LogP contribution is -2.47. The average molecular weight is 381 g/mol. The van der Waals surface area contributed by atoms with E-state index in [0.29, 0.717) is 13.0 Å². The molecule has 1 aromatic carbocycles. The molecular weight excluding hydrogens is 354 g/mol. The average Bonchev–Trinajstić information content (AvgIpc) is 3.11. The monoisotopic (exact) mass is 381 g/mol. The highest BCUT2D eigenvalue weighted by molar-refractivity contribution is 5.78. The summed E-state index contributed by atoms with van der Waals surface area (Å²) in [5.74, 6) is 0.996. The van der Waals surface area contributed by atoms with Gasteiger partial charge in [0.05, 0.1) is 31.8 Å². The number of rotatable bonds is 5. The van der Waals surface area contributed by atoms with Gasteiger partial charge >= 0.3 is 0 Å². The molecule has 28 heavy (non-hydrogen) atoms. The van der Waals surface area contributed by atoms with Crippen molar-refractivity contribution >= 4 is 11.6 Å². The zero-order valence-electron chi connectivity index (χ0n) is 16.3. The summed E-state index contributed by atoms with van der Waals surface area (Å²) in [5.41, 5.74) is 1.76. The van der Waals surface area contributed by atoms with E-state index in [4.69, 9.17) is 9.47 Å². The number of benzene rings is 1. The van der Waals surface area contributed by atoms with Gasteiger partial charge in [-0.15, -0.1) is 0 Å². The number of methoxy groups -OCH3 is 1. The molecule has 0 saturated carbocycles. The van der Waals surface area contributed by atoms with Crippen LogP contribution in [0.5, 0.6) is 5.75 Å². The van der Waals surface area contributed by atoms with E-state index in [1.54, 1.807) is 13.3 Å². The Kier molecular flexibility index (Phi) is 5.48. The van der Waals surface area contributed by atoms with E-state index in [2.05, 4.69) is 10.3 Å². The van der Waals surface area contributed by atoms with Crippen molar-refractivity contribution in [3.8, 4) is 5.75 Å². The quantitative estimate of drug-likeness (QED) is 0.863. The van der Waals surface area contributed by atoms with Crippen LogP contribution in [-0.2, 0) is 16.0 Å². The van der Waals surface area contributed by atoms with Crippen LogP contribution in [0.4, 0.5) is 5.69 Å². The molecular formula is C22H27N3O3. The second-order valence-corrected chi connectivity index (χ2v) is 7.65. The summed E-state index contributed by atoms with van der Waals surface area (Å²) >= 11 is 0. The van der Waals surface area contributed by atoms with Crippen molar-refractivity contribution in [2.75, 3.05) is 32.1 Å². The molecule has 2 aromatic rings.